The first-order chi connectivity index (χ1) is 16.8. The summed E-state index contributed by atoms with van der Waals surface area (Å²) >= 11 is 0. The van der Waals surface area contributed by atoms with E-state index in [1.54, 1.807) is 0 Å². The standard InChI is InChI=1S/C27H40N4O3/c32-25-18-16-22(24(25)12-6-1-2-7-13-26-28-30-31-29-26)15-17-23(20-21-10-4-3-5-11-21)34-27-14-8-9-19-33-27/h3-5,10-11,15,17,22-25,27,32H,1-2,6-9,12-14,16,18-20H2,(H,28,29,30,31). The number of aromatic amines is 1. The largest absolute Gasteiger partial charge is 0.393 e. The molecule has 1 saturated heterocycles. The molecule has 5 atom stereocenters. The monoisotopic (exact) mass is 468 g/mol. The first kappa shape index (κ1) is 25.0. The van der Waals surface area contributed by atoms with Crippen molar-refractivity contribution in [2.45, 2.75) is 95.5 Å². The van der Waals surface area contributed by atoms with Crippen molar-refractivity contribution in [2.24, 2.45) is 11.8 Å². The van der Waals surface area contributed by atoms with Crippen LogP contribution in [-0.2, 0) is 22.3 Å². The number of allylic oxidation sites excluding steroid dienone is 1. The maximum Gasteiger partial charge on any atom is 0.174 e. The van der Waals surface area contributed by atoms with Crippen LogP contribution in [0.5, 0.6) is 0 Å². The van der Waals surface area contributed by atoms with Crippen LogP contribution in [-0.4, -0.2) is 50.8 Å². The highest BCUT2D eigenvalue weighted by Crippen LogP contribution is 2.37. The van der Waals surface area contributed by atoms with Crippen molar-refractivity contribution in [3.8, 4) is 0 Å². The molecule has 0 spiro atoms. The molecule has 186 valence electrons. The molecule has 1 aromatic carbocycles. The molecular formula is C27H40N4O3. The Morgan fingerprint density at radius 2 is 1.97 bits per heavy atom. The molecule has 1 saturated carbocycles. The topological polar surface area (TPSA) is 93.1 Å². The van der Waals surface area contributed by atoms with E-state index >= 15 is 0 Å². The summed E-state index contributed by atoms with van der Waals surface area (Å²) in [7, 11) is 0. The third kappa shape index (κ3) is 8.00. The molecule has 34 heavy (non-hydrogen) atoms. The number of aliphatic hydroxyl groups is 1. The first-order valence-corrected chi connectivity index (χ1v) is 13.2. The van der Waals surface area contributed by atoms with Crippen LogP contribution in [0.1, 0.15) is 75.6 Å². The molecule has 1 aliphatic carbocycles. The van der Waals surface area contributed by atoms with E-state index in [0.717, 1.165) is 76.6 Å². The fourth-order valence-electron chi connectivity index (χ4n) is 5.32. The first-order valence-electron chi connectivity index (χ1n) is 13.2. The van der Waals surface area contributed by atoms with E-state index < -0.39 is 0 Å². The summed E-state index contributed by atoms with van der Waals surface area (Å²) in [6.45, 7) is 0.790. The SMILES string of the molecule is OC1CCC(C=CC(Cc2ccccc2)OC2CCCCO2)C1CCCCCCc1nn[nH]n1. The Morgan fingerprint density at radius 1 is 1.09 bits per heavy atom. The molecule has 2 fully saturated rings. The van der Waals surface area contributed by atoms with E-state index in [0.29, 0.717) is 11.8 Å². The van der Waals surface area contributed by atoms with Gasteiger partial charge in [0.15, 0.2) is 12.1 Å². The zero-order valence-corrected chi connectivity index (χ0v) is 20.2. The summed E-state index contributed by atoms with van der Waals surface area (Å²) in [5.41, 5.74) is 1.27. The number of unbranched alkanes of at least 4 members (excludes halogenated alkanes) is 3. The second-order valence-electron chi connectivity index (χ2n) is 9.80. The van der Waals surface area contributed by atoms with Gasteiger partial charge in [-0.25, -0.2) is 0 Å². The average Bonchev–Trinajstić information content (AvgIpc) is 3.51. The highest BCUT2D eigenvalue weighted by atomic mass is 16.7. The van der Waals surface area contributed by atoms with E-state index in [9.17, 15) is 5.11 Å². The molecule has 0 radical (unpaired) electrons. The lowest BCUT2D eigenvalue weighted by Crippen LogP contribution is -2.28. The van der Waals surface area contributed by atoms with Gasteiger partial charge in [-0.05, 0) is 62.3 Å². The Labute approximate surface area is 203 Å². The van der Waals surface area contributed by atoms with Gasteiger partial charge in [0.25, 0.3) is 0 Å². The predicted molar refractivity (Wildman–Crippen MR) is 131 cm³/mol. The van der Waals surface area contributed by atoms with Gasteiger partial charge in [0, 0.05) is 19.4 Å². The van der Waals surface area contributed by atoms with Crippen LogP contribution in [0.15, 0.2) is 42.5 Å². The molecular weight excluding hydrogens is 428 g/mol. The van der Waals surface area contributed by atoms with Gasteiger partial charge in [0.2, 0.25) is 0 Å². The van der Waals surface area contributed by atoms with Crippen molar-refractivity contribution in [3.63, 3.8) is 0 Å². The summed E-state index contributed by atoms with van der Waals surface area (Å²) in [4.78, 5) is 0. The third-order valence-corrected chi connectivity index (χ3v) is 7.23. The minimum absolute atomic E-state index is 0.00552. The number of hydrogen-bond acceptors (Lipinski definition) is 6. The maximum absolute atomic E-state index is 10.6. The summed E-state index contributed by atoms with van der Waals surface area (Å²) in [6, 6.07) is 10.5. The molecule has 0 amide bonds. The summed E-state index contributed by atoms with van der Waals surface area (Å²) in [5.74, 6) is 1.56. The molecule has 2 heterocycles. The molecule has 1 aliphatic heterocycles. The number of rotatable bonds is 13. The van der Waals surface area contributed by atoms with Gasteiger partial charge >= 0.3 is 0 Å². The van der Waals surface area contributed by atoms with Crippen molar-refractivity contribution in [2.75, 3.05) is 6.61 Å². The van der Waals surface area contributed by atoms with Crippen LogP contribution in [0.3, 0.4) is 0 Å². The van der Waals surface area contributed by atoms with E-state index in [2.05, 4.69) is 63.1 Å². The average molecular weight is 469 g/mol. The van der Waals surface area contributed by atoms with E-state index in [1.165, 1.54) is 18.4 Å². The van der Waals surface area contributed by atoms with Crippen molar-refractivity contribution < 1.29 is 14.6 Å². The second kappa shape index (κ2) is 13.7. The number of nitrogens with zero attached hydrogens (tertiary/aromatic N) is 3. The van der Waals surface area contributed by atoms with Crippen LogP contribution in [0.4, 0.5) is 0 Å². The fourth-order valence-corrected chi connectivity index (χ4v) is 5.32. The van der Waals surface area contributed by atoms with E-state index in [-0.39, 0.29) is 18.5 Å². The molecule has 7 heteroatoms. The quantitative estimate of drug-likeness (QED) is 0.324. The normalized spacial score (nSPS) is 26.3. The molecule has 2 aromatic rings. The number of benzene rings is 1. The van der Waals surface area contributed by atoms with Crippen LogP contribution in [0.2, 0.25) is 0 Å². The predicted octanol–water partition coefficient (Wildman–Crippen LogP) is 4.79. The van der Waals surface area contributed by atoms with Gasteiger partial charge in [-0.2, -0.15) is 5.21 Å². The number of nitrogens with one attached hydrogen (secondary N) is 1. The molecule has 7 nitrogen and oxygen atoms in total. The number of aromatic nitrogens is 4. The Kier molecular flexibility index (Phi) is 10.1. The Hall–Kier alpha value is -2.09. The van der Waals surface area contributed by atoms with Gasteiger partial charge < -0.3 is 14.6 Å². The Balaban J connectivity index is 1.26. The molecule has 4 rings (SSSR count). The van der Waals surface area contributed by atoms with Crippen LogP contribution < -0.4 is 0 Å². The zero-order valence-electron chi connectivity index (χ0n) is 20.2. The minimum atomic E-state index is -0.191. The second-order valence-corrected chi connectivity index (χ2v) is 9.80. The Bertz CT molecular complexity index is 824. The van der Waals surface area contributed by atoms with Crippen LogP contribution in [0.25, 0.3) is 0 Å². The zero-order chi connectivity index (χ0) is 23.4. The lowest BCUT2D eigenvalue weighted by atomic mass is 9.88. The van der Waals surface area contributed by atoms with Gasteiger partial charge in [-0.15, -0.1) is 10.2 Å². The number of aryl methyl sites for hydroxylation is 1. The smallest absolute Gasteiger partial charge is 0.174 e. The van der Waals surface area contributed by atoms with Gasteiger partial charge in [0.05, 0.1) is 12.2 Å². The fraction of sp³-hybridized carbons (Fsp3) is 0.667. The molecule has 2 aliphatic rings. The maximum atomic E-state index is 10.6. The van der Waals surface area contributed by atoms with E-state index in [1.807, 2.05) is 0 Å². The van der Waals surface area contributed by atoms with Crippen molar-refractivity contribution in [1.82, 2.24) is 20.6 Å². The lowest BCUT2D eigenvalue weighted by molar-refractivity contribution is -0.178. The lowest BCUT2D eigenvalue weighted by Gasteiger charge is -2.27. The van der Waals surface area contributed by atoms with Crippen LogP contribution in [0, 0.1) is 11.8 Å². The minimum Gasteiger partial charge on any atom is -0.393 e. The number of tetrazole rings is 1. The van der Waals surface area contributed by atoms with Crippen LogP contribution >= 0.6 is 0 Å². The number of hydrogen-bond donors (Lipinski definition) is 2. The summed E-state index contributed by atoms with van der Waals surface area (Å²) in [5, 5.41) is 24.8. The number of aliphatic hydroxyl groups excluding tert-OH is 1. The molecule has 2 N–H and O–H groups in total. The third-order valence-electron chi connectivity index (χ3n) is 7.23. The van der Waals surface area contributed by atoms with Crippen molar-refractivity contribution in [3.05, 3.63) is 53.9 Å². The highest BCUT2D eigenvalue weighted by Gasteiger charge is 2.33. The summed E-state index contributed by atoms with van der Waals surface area (Å²) in [6.07, 6.45) is 16.8. The van der Waals surface area contributed by atoms with Crippen molar-refractivity contribution >= 4 is 0 Å². The molecule has 5 unspecified atom stereocenters. The number of ether oxygens (including phenoxy) is 2. The highest BCUT2D eigenvalue weighted by molar-refractivity contribution is 5.17. The Morgan fingerprint density at radius 3 is 2.76 bits per heavy atom. The number of H-pyrrole nitrogens is 1. The molecule has 1 aromatic heterocycles. The van der Waals surface area contributed by atoms with Crippen molar-refractivity contribution in [1.29, 1.82) is 0 Å². The van der Waals surface area contributed by atoms with E-state index in [4.69, 9.17) is 9.47 Å². The van der Waals surface area contributed by atoms with Gasteiger partial charge in [-0.1, -0.05) is 67.0 Å². The molecule has 0 bridgehead atoms. The van der Waals surface area contributed by atoms with Gasteiger partial charge in [-0.3, -0.25) is 0 Å². The van der Waals surface area contributed by atoms with Gasteiger partial charge in [0.1, 0.15) is 0 Å². The summed E-state index contributed by atoms with van der Waals surface area (Å²) < 4.78 is 12.2.